The van der Waals surface area contributed by atoms with Gasteiger partial charge in [-0.3, -0.25) is 4.79 Å². The third-order valence-corrected chi connectivity index (χ3v) is 2.41. The van der Waals surface area contributed by atoms with Crippen LogP contribution < -0.4 is 4.74 Å². The molecule has 0 amide bonds. The third kappa shape index (κ3) is 2.78. The predicted octanol–water partition coefficient (Wildman–Crippen LogP) is 2.43. The molecule has 0 aliphatic rings. The molecule has 0 fully saturated rings. The zero-order valence-corrected chi connectivity index (χ0v) is 10.2. The van der Waals surface area contributed by atoms with Crippen LogP contribution in [0.3, 0.4) is 0 Å². The van der Waals surface area contributed by atoms with Gasteiger partial charge in [0.05, 0.1) is 12.7 Å². The highest BCUT2D eigenvalue weighted by Crippen LogP contribution is 2.37. The van der Waals surface area contributed by atoms with Crippen molar-refractivity contribution in [3.63, 3.8) is 0 Å². The van der Waals surface area contributed by atoms with Gasteiger partial charge in [0.25, 0.3) is 0 Å². The van der Waals surface area contributed by atoms with Gasteiger partial charge in [0.15, 0.2) is 6.29 Å². The number of methoxy groups -OCH3 is 1. The highest BCUT2D eigenvalue weighted by molar-refractivity contribution is 5.85. The molecule has 0 saturated heterocycles. The van der Waals surface area contributed by atoms with Crippen LogP contribution in [-0.4, -0.2) is 23.6 Å². The molecule has 17 heavy (non-hydrogen) atoms. The summed E-state index contributed by atoms with van der Waals surface area (Å²) in [6.07, 6.45) is 2.86. The van der Waals surface area contributed by atoms with Gasteiger partial charge in [-0.15, -0.1) is 0 Å². The lowest BCUT2D eigenvalue weighted by molar-refractivity contribution is 0.111. The number of benzene rings is 1. The van der Waals surface area contributed by atoms with Crippen molar-refractivity contribution in [3.05, 3.63) is 28.8 Å². The summed E-state index contributed by atoms with van der Waals surface area (Å²) < 4.78 is 5.08. The van der Waals surface area contributed by atoms with Crippen LogP contribution in [0, 0.1) is 0 Å². The maximum Gasteiger partial charge on any atom is 0.157 e. The van der Waals surface area contributed by atoms with Crippen molar-refractivity contribution in [3.8, 4) is 17.2 Å². The average Bonchev–Trinajstić information content (AvgIpc) is 2.26. The Morgan fingerprint density at radius 1 is 1.35 bits per heavy atom. The number of hydrogen-bond acceptors (Lipinski definition) is 4. The number of phenols is 2. The molecule has 0 aromatic heterocycles. The molecule has 2 N–H and O–H groups in total. The molecule has 0 saturated carbocycles. The molecule has 1 aromatic rings. The van der Waals surface area contributed by atoms with Gasteiger partial charge in [-0.2, -0.15) is 0 Å². The van der Waals surface area contributed by atoms with Crippen molar-refractivity contribution < 1.29 is 19.7 Å². The first-order valence-electron chi connectivity index (χ1n) is 5.21. The molecular formula is C13H16O4. The van der Waals surface area contributed by atoms with Gasteiger partial charge in [0, 0.05) is 11.6 Å². The Morgan fingerprint density at radius 3 is 2.47 bits per heavy atom. The molecule has 0 aliphatic carbocycles. The molecule has 0 unspecified atom stereocenters. The smallest absolute Gasteiger partial charge is 0.157 e. The van der Waals surface area contributed by atoms with E-state index in [0.29, 0.717) is 18.3 Å². The Morgan fingerprint density at radius 2 is 2.00 bits per heavy atom. The van der Waals surface area contributed by atoms with Gasteiger partial charge in [0.1, 0.15) is 17.2 Å². The molecule has 4 nitrogen and oxygen atoms in total. The van der Waals surface area contributed by atoms with Gasteiger partial charge in [-0.1, -0.05) is 11.6 Å². The van der Waals surface area contributed by atoms with Gasteiger partial charge in [-0.05, 0) is 20.3 Å². The number of aromatic hydroxyl groups is 2. The summed E-state index contributed by atoms with van der Waals surface area (Å²) in [5.74, 6) is -0.146. The highest BCUT2D eigenvalue weighted by Gasteiger charge is 2.17. The molecular weight excluding hydrogens is 220 g/mol. The third-order valence-electron chi connectivity index (χ3n) is 2.41. The van der Waals surface area contributed by atoms with Gasteiger partial charge in [0.2, 0.25) is 0 Å². The van der Waals surface area contributed by atoms with E-state index in [-0.39, 0.29) is 22.8 Å². The first-order valence-corrected chi connectivity index (χ1v) is 5.21. The Balaban J connectivity index is 3.36. The first kappa shape index (κ1) is 13.1. The molecule has 0 bridgehead atoms. The van der Waals surface area contributed by atoms with Crippen LogP contribution in [0.25, 0.3) is 0 Å². The molecule has 0 atom stereocenters. The van der Waals surface area contributed by atoms with Crippen molar-refractivity contribution in [2.75, 3.05) is 7.11 Å². The number of hydrogen-bond donors (Lipinski definition) is 2. The monoisotopic (exact) mass is 236 g/mol. The summed E-state index contributed by atoms with van der Waals surface area (Å²) in [5.41, 5.74) is 1.64. The molecule has 0 aliphatic heterocycles. The minimum atomic E-state index is -0.282. The Hall–Kier alpha value is -1.97. The first-order chi connectivity index (χ1) is 8.01. The lowest BCUT2D eigenvalue weighted by atomic mass is 10.0. The van der Waals surface area contributed by atoms with Crippen LogP contribution in [0.1, 0.15) is 29.8 Å². The van der Waals surface area contributed by atoms with E-state index in [2.05, 4.69) is 0 Å². The van der Waals surface area contributed by atoms with Crippen molar-refractivity contribution >= 4 is 6.29 Å². The topological polar surface area (TPSA) is 66.8 Å². The zero-order valence-electron chi connectivity index (χ0n) is 10.2. The number of aldehydes is 1. The quantitative estimate of drug-likeness (QED) is 0.622. The molecule has 1 rings (SSSR count). The molecule has 0 spiro atoms. The summed E-state index contributed by atoms with van der Waals surface area (Å²) in [7, 11) is 1.40. The number of allylic oxidation sites excluding steroid dienone is 2. The van der Waals surface area contributed by atoms with Crippen molar-refractivity contribution in [1.82, 2.24) is 0 Å². The second-order valence-corrected chi connectivity index (χ2v) is 3.94. The van der Waals surface area contributed by atoms with E-state index in [1.165, 1.54) is 7.11 Å². The Bertz CT molecular complexity index is 457. The summed E-state index contributed by atoms with van der Waals surface area (Å²) in [6, 6.07) is 1.15. The average molecular weight is 236 g/mol. The van der Waals surface area contributed by atoms with Crippen LogP contribution in [-0.2, 0) is 6.42 Å². The fourth-order valence-corrected chi connectivity index (χ4v) is 1.54. The number of ether oxygens (including phenoxy) is 1. The van der Waals surface area contributed by atoms with Gasteiger partial charge in [-0.25, -0.2) is 0 Å². The molecule has 0 radical (unpaired) electrons. The summed E-state index contributed by atoms with van der Waals surface area (Å²) >= 11 is 0. The van der Waals surface area contributed by atoms with Crippen LogP contribution in [0.15, 0.2) is 17.7 Å². The van der Waals surface area contributed by atoms with Crippen LogP contribution in [0.2, 0.25) is 0 Å². The minimum Gasteiger partial charge on any atom is -0.507 e. The summed E-state index contributed by atoms with van der Waals surface area (Å²) in [5, 5.41) is 19.3. The van der Waals surface area contributed by atoms with Gasteiger partial charge >= 0.3 is 0 Å². The maximum atomic E-state index is 10.9. The van der Waals surface area contributed by atoms with E-state index >= 15 is 0 Å². The van der Waals surface area contributed by atoms with Crippen molar-refractivity contribution in [2.24, 2.45) is 0 Å². The van der Waals surface area contributed by atoms with E-state index in [9.17, 15) is 15.0 Å². The molecule has 1 aromatic carbocycles. The summed E-state index contributed by atoms with van der Waals surface area (Å²) in [6.45, 7) is 3.87. The number of phenolic OH excluding ortho intramolecular Hbond substituents is 2. The normalized spacial score (nSPS) is 9.82. The van der Waals surface area contributed by atoms with E-state index < -0.39 is 0 Å². The van der Waals surface area contributed by atoms with E-state index in [0.717, 1.165) is 11.6 Å². The second kappa shape index (κ2) is 5.39. The fourth-order valence-electron chi connectivity index (χ4n) is 1.54. The number of carbonyl (C=O) groups is 1. The minimum absolute atomic E-state index is 0.0578. The predicted molar refractivity (Wildman–Crippen MR) is 64.8 cm³/mol. The van der Waals surface area contributed by atoms with Crippen molar-refractivity contribution in [2.45, 2.75) is 20.3 Å². The lowest BCUT2D eigenvalue weighted by Gasteiger charge is -2.12. The van der Waals surface area contributed by atoms with Crippen molar-refractivity contribution in [1.29, 1.82) is 0 Å². The van der Waals surface area contributed by atoms with E-state index in [1.54, 1.807) is 0 Å². The Kier molecular flexibility index (Phi) is 4.15. The SMILES string of the molecule is COc1c(C=O)c(O)cc(O)c1CC=C(C)C. The molecule has 4 heteroatoms. The van der Waals surface area contributed by atoms with Crippen LogP contribution in [0.4, 0.5) is 0 Å². The number of rotatable bonds is 4. The highest BCUT2D eigenvalue weighted by atomic mass is 16.5. The van der Waals surface area contributed by atoms with Crippen LogP contribution in [0.5, 0.6) is 17.2 Å². The van der Waals surface area contributed by atoms with Gasteiger partial charge < -0.3 is 14.9 Å². The zero-order chi connectivity index (χ0) is 13.0. The Labute approximate surface area is 100 Å². The standard InChI is InChI=1S/C13H16O4/c1-8(2)4-5-9-11(15)6-12(16)10(7-14)13(9)17-3/h4,6-7,15-16H,5H2,1-3H3. The maximum absolute atomic E-state index is 10.9. The lowest BCUT2D eigenvalue weighted by Crippen LogP contribution is -1.97. The summed E-state index contributed by atoms with van der Waals surface area (Å²) in [4.78, 5) is 10.9. The molecule has 0 heterocycles. The fraction of sp³-hybridized carbons (Fsp3) is 0.308. The van der Waals surface area contributed by atoms with E-state index in [1.807, 2.05) is 19.9 Å². The largest absolute Gasteiger partial charge is 0.507 e. The second-order valence-electron chi connectivity index (χ2n) is 3.94. The van der Waals surface area contributed by atoms with Crippen LogP contribution >= 0.6 is 0 Å². The molecule has 92 valence electrons. The van der Waals surface area contributed by atoms with E-state index in [4.69, 9.17) is 4.74 Å². The number of carbonyl (C=O) groups excluding carboxylic acids is 1.